The number of carbonyl (C=O) groups is 1. The minimum absolute atomic E-state index is 0.0493. The lowest BCUT2D eigenvalue weighted by atomic mass is 10.1. The molecule has 0 spiro atoms. The van der Waals surface area contributed by atoms with Crippen molar-refractivity contribution in [3.8, 4) is 0 Å². The van der Waals surface area contributed by atoms with Gasteiger partial charge in [-0.25, -0.2) is 9.37 Å². The van der Waals surface area contributed by atoms with Crippen LogP contribution < -0.4 is 0 Å². The van der Waals surface area contributed by atoms with E-state index in [1.807, 2.05) is 17.7 Å². The van der Waals surface area contributed by atoms with Crippen LogP contribution in [-0.2, 0) is 13.0 Å². The number of ketones is 1. The Morgan fingerprint density at radius 1 is 1.47 bits per heavy atom. The SMILES string of the molecule is CCCn1ccnc1CC(=O)c1c(F)cccc1Cl. The zero-order valence-electron chi connectivity index (χ0n) is 10.6. The van der Waals surface area contributed by atoms with Crippen LogP contribution in [0.1, 0.15) is 29.5 Å². The summed E-state index contributed by atoms with van der Waals surface area (Å²) in [6, 6.07) is 4.22. The summed E-state index contributed by atoms with van der Waals surface area (Å²) in [6.07, 6.45) is 4.45. The summed E-state index contributed by atoms with van der Waals surface area (Å²) in [5.41, 5.74) is -0.0600. The first-order chi connectivity index (χ1) is 9.13. The van der Waals surface area contributed by atoms with Crippen LogP contribution in [0, 0.1) is 5.82 Å². The largest absolute Gasteiger partial charge is 0.335 e. The standard InChI is InChI=1S/C14H14ClFN2O/c1-2-7-18-8-6-17-13(18)9-12(19)14-10(15)4-3-5-11(14)16/h3-6,8H,2,7,9H2,1H3. The number of carbonyl (C=O) groups excluding carboxylic acids is 1. The summed E-state index contributed by atoms with van der Waals surface area (Å²) < 4.78 is 15.5. The van der Waals surface area contributed by atoms with E-state index in [1.165, 1.54) is 18.2 Å². The van der Waals surface area contributed by atoms with Crippen LogP contribution >= 0.6 is 11.6 Å². The Morgan fingerprint density at radius 2 is 2.26 bits per heavy atom. The van der Waals surface area contributed by atoms with Gasteiger partial charge in [-0.15, -0.1) is 0 Å². The molecule has 0 bridgehead atoms. The van der Waals surface area contributed by atoms with Gasteiger partial charge in [0.2, 0.25) is 0 Å². The molecule has 2 aromatic rings. The molecule has 0 saturated carbocycles. The highest BCUT2D eigenvalue weighted by Crippen LogP contribution is 2.20. The van der Waals surface area contributed by atoms with Gasteiger partial charge in [-0.3, -0.25) is 4.79 Å². The Labute approximate surface area is 116 Å². The molecule has 0 atom stereocenters. The average Bonchev–Trinajstić information content (AvgIpc) is 2.77. The third-order valence-electron chi connectivity index (χ3n) is 2.83. The second kappa shape index (κ2) is 5.97. The molecule has 3 nitrogen and oxygen atoms in total. The summed E-state index contributed by atoms with van der Waals surface area (Å²) in [6.45, 7) is 2.83. The van der Waals surface area contributed by atoms with Crippen LogP contribution in [0.4, 0.5) is 4.39 Å². The van der Waals surface area contributed by atoms with Crippen LogP contribution in [0.15, 0.2) is 30.6 Å². The quantitative estimate of drug-likeness (QED) is 0.786. The zero-order valence-corrected chi connectivity index (χ0v) is 11.3. The fourth-order valence-electron chi connectivity index (χ4n) is 1.95. The monoisotopic (exact) mass is 280 g/mol. The van der Waals surface area contributed by atoms with Crippen LogP contribution in [-0.4, -0.2) is 15.3 Å². The second-order valence-electron chi connectivity index (χ2n) is 4.23. The predicted octanol–water partition coefficient (Wildman–Crippen LogP) is 3.51. The molecule has 0 amide bonds. The molecule has 0 aliphatic carbocycles. The van der Waals surface area contributed by atoms with Crippen LogP contribution in [0.5, 0.6) is 0 Å². The van der Waals surface area contributed by atoms with Gasteiger partial charge in [0.1, 0.15) is 11.6 Å². The number of imidazole rings is 1. The van der Waals surface area contributed by atoms with Gasteiger partial charge >= 0.3 is 0 Å². The van der Waals surface area contributed by atoms with Crippen molar-refractivity contribution in [3.63, 3.8) is 0 Å². The van der Waals surface area contributed by atoms with E-state index in [4.69, 9.17) is 11.6 Å². The Hall–Kier alpha value is -1.68. The normalized spacial score (nSPS) is 10.7. The number of rotatable bonds is 5. The average molecular weight is 281 g/mol. The molecule has 1 aromatic heterocycles. The molecule has 1 aromatic carbocycles. The van der Waals surface area contributed by atoms with Crippen molar-refractivity contribution in [2.45, 2.75) is 26.3 Å². The van der Waals surface area contributed by atoms with Crippen molar-refractivity contribution >= 4 is 17.4 Å². The fourth-order valence-corrected chi connectivity index (χ4v) is 2.22. The number of Topliss-reactive ketones (excluding diaryl/α,β-unsaturated/α-hetero) is 1. The summed E-state index contributed by atoms with van der Waals surface area (Å²) in [4.78, 5) is 16.3. The highest BCUT2D eigenvalue weighted by atomic mass is 35.5. The third-order valence-corrected chi connectivity index (χ3v) is 3.14. The molecular weight excluding hydrogens is 267 g/mol. The second-order valence-corrected chi connectivity index (χ2v) is 4.64. The summed E-state index contributed by atoms with van der Waals surface area (Å²) in [5.74, 6) is -0.316. The van der Waals surface area contributed by atoms with Gasteiger partial charge in [0.25, 0.3) is 0 Å². The predicted molar refractivity (Wildman–Crippen MR) is 72.0 cm³/mol. The van der Waals surface area contributed by atoms with Gasteiger partial charge in [-0.1, -0.05) is 24.6 Å². The van der Waals surface area contributed by atoms with E-state index in [-0.39, 0.29) is 22.8 Å². The number of benzene rings is 1. The van der Waals surface area contributed by atoms with Gasteiger partial charge in [-0.2, -0.15) is 0 Å². The first kappa shape index (κ1) is 13.7. The number of aromatic nitrogens is 2. The summed E-state index contributed by atoms with van der Waals surface area (Å²) >= 11 is 5.88. The van der Waals surface area contributed by atoms with Crippen molar-refractivity contribution in [2.75, 3.05) is 0 Å². The lowest BCUT2D eigenvalue weighted by molar-refractivity contribution is 0.0986. The van der Waals surface area contributed by atoms with Gasteiger partial charge in [-0.05, 0) is 18.6 Å². The van der Waals surface area contributed by atoms with Crippen molar-refractivity contribution in [1.82, 2.24) is 9.55 Å². The lowest BCUT2D eigenvalue weighted by Crippen LogP contribution is -2.12. The summed E-state index contributed by atoms with van der Waals surface area (Å²) in [5, 5.41) is 0.138. The molecule has 100 valence electrons. The van der Waals surface area contributed by atoms with Crippen LogP contribution in [0.25, 0.3) is 0 Å². The highest BCUT2D eigenvalue weighted by Gasteiger charge is 2.18. The van der Waals surface area contributed by atoms with E-state index in [0.717, 1.165) is 13.0 Å². The fraction of sp³-hybridized carbons (Fsp3) is 0.286. The zero-order chi connectivity index (χ0) is 13.8. The van der Waals surface area contributed by atoms with Gasteiger partial charge in [0.05, 0.1) is 17.0 Å². The Balaban J connectivity index is 2.24. The number of hydrogen-bond donors (Lipinski definition) is 0. The van der Waals surface area contributed by atoms with E-state index in [9.17, 15) is 9.18 Å². The molecule has 2 rings (SSSR count). The van der Waals surface area contributed by atoms with Gasteiger partial charge < -0.3 is 4.57 Å². The first-order valence-electron chi connectivity index (χ1n) is 6.10. The topological polar surface area (TPSA) is 34.9 Å². The maximum atomic E-state index is 13.6. The molecular formula is C14H14ClFN2O. The number of hydrogen-bond acceptors (Lipinski definition) is 2. The van der Waals surface area contributed by atoms with Crippen LogP contribution in [0.3, 0.4) is 0 Å². The molecule has 0 fully saturated rings. The molecule has 0 saturated heterocycles. The van der Waals surface area contributed by atoms with E-state index >= 15 is 0 Å². The Bertz CT molecular complexity index is 575. The maximum Gasteiger partial charge on any atom is 0.174 e. The van der Waals surface area contributed by atoms with Crippen molar-refractivity contribution in [1.29, 1.82) is 0 Å². The van der Waals surface area contributed by atoms with E-state index < -0.39 is 5.82 Å². The Kier molecular flexibility index (Phi) is 4.32. The number of halogens is 2. The molecule has 0 radical (unpaired) electrons. The molecule has 0 N–H and O–H groups in total. The van der Waals surface area contributed by atoms with Gasteiger partial charge in [0, 0.05) is 18.9 Å². The van der Waals surface area contributed by atoms with Gasteiger partial charge in [0.15, 0.2) is 5.78 Å². The number of aryl methyl sites for hydroxylation is 1. The van der Waals surface area contributed by atoms with E-state index in [2.05, 4.69) is 4.98 Å². The molecule has 0 aliphatic heterocycles. The minimum Gasteiger partial charge on any atom is -0.335 e. The maximum absolute atomic E-state index is 13.6. The minimum atomic E-state index is -0.592. The van der Waals surface area contributed by atoms with E-state index in [0.29, 0.717) is 5.82 Å². The lowest BCUT2D eigenvalue weighted by Gasteiger charge is -2.07. The smallest absolute Gasteiger partial charge is 0.174 e. The first-order valence-corrected chi connectivity index (χ1v) is 6.48. The van der Waals surface area contributed by atoms with Crippen molar-refractivity contribution in [3.05, 3.63) is 52.8 Å². The molecule has 0 aliphatic rings. The highest BCUT2D eigenvalue weighted by molar-refractivity contribution is 6.34. The van der Waals surface area contributed by atoms with Crippen molar-refractivity contribution in [2.24, 2.45) is 0 Å². The molecule has 19 heavy (non-hydrogen) atoms. The number of nitrogens with zero attached hydrogens (tertiary/aromatic N) is 2. The summed E-state index contributed by atoms with van der Waals surface area (Å²) in [7, 11) is 0. The Morgan fingerprint density at radius 3 is 2.95 bits per heavy atom. The molecule has 5 heteroatoms. The van der Waals surface area contributed by atoms with Crippen LogP contribution in [0.2, 0.25) is 5.02 Å². The molecule has 1 heterocycles. The third kappa shape index (κ3) is 3.01. The molecule has 0 unspecified atom stereocenters. The van der Waals surface area contributed by atoms with E-state index in [1.54, 1.807) is 6.20 Å². The van der Waals surface area contributed by atoms with Crippen molar-refractivity contribution < 1.29 is 9.18 Å².